The van der Waals surface area contributed by atoms with Crippen LogP contribution in [-0.2, 0) is 6.54 Å². The van der Waals surface area contributed by atoms with E-state index in [-0.39, 0.29) is 12.1 Å². The minimum absolute atomic E-state index is 0.0661. The molecule has 3 rings (SSSR count). The summed E-state index contributed by atoms with van der Waals surface area (Å²) in [5.41, 5.74) is 2.40. The molecule has 0 aromatic carbocycles. The number of nitrogens with zero attached hydrogens (tertiary/aromatic N) is 4. The molecule has 1 aliphatic rings. The van der Waals surface area contributed by atoms with Crippen molar-refractivity contribution in [2.75, 3.05) is 11.9 Å². The first kappa shape index (κ1) is 14.6. The third-order valence-electron chi connectivity index (χ3n) is 4.18. The molecule has 7 heteroatoms. The molecule has 2 amide bonds. The standard InChI is InChI=1S/C15H21N5O2/c1-3-19-10-16-8-14(19)13-6-4-5-7-20(13)15(21)17-12-9-22-18-11(12)2/h8-10,13H,3-7H2,1-2H3,(H,17,21). The number of aryl methyl sites for hydroxylation is 2. The summed E-state index contributed by atoms with van der Waals surface area (Å²) in [5, 5.41) is 6.68. The van der Waals surface area contributed by atoms with Gasteiger partial charge in [-0.05, 0) is 33.1 Å². The Morgan fingerprint density at radius 2 is 2.36 bits per heavy atom. The van der Waals surface area contributed by atoms with Crippen LogP contribution >= 0.6 is 0 Å². The van der Waals surface area contributed by atoms with Gasteiger partial charge >= 0.3 is 6.03 Å². The molecule has 2 aromatic heterocycles. The van der Waals surface area contributed by atoms with Crippen LogP contribution in [0.3, 0.4) is 0 Å². The van der Waals surface area contributed by atoms with Gasteiger partial charge in [-0.15, -0.1) is 0 Å². The lowest BCUT2D eigenvalue weighted by Gasteiger charge is -2.35. The van der Waals surface area contributed by atoms with Crippen LogP contribution < -0.4 is 5.32 Å². The molecule has 1 N–H and O–H groups in total. The van der Waals surface area contributed by atoms with Crippen molar-refractivity contribution in [2.24, 2.45) is 0 Å². The molecule has 1 aliphatic heterocycles. The second-order valence-corrected chi connectivity index (χ2v) is 5.55. The highest BCUT2D eigenvalue weighted by Crippen LogP contribution is 2.31. The number of likely N-dealkylation sites (tertiary alicyclic amines) is 1. The first-order valence-electron chi connectivity index (χ1n) is 7.69. The predicted octanol–water partition coefficient (Wildman–Crippen LogP) is 2.96. The van der Waals surface area contributed by atoms with Crippen molar-refractivity contribution in [2.45, 2.75) is 45.7 Å². The number of piperidine rings is 1. The molecule has 2 aromatic rings. The molecular formula is C15H21N5O2. The number of carbonyl (C=O) groups excluding carboxylic acids is 1. The van der Waals surface area contributed by atoms with E-state index in [9.17, 15) is 4.79 Å². The SMILES string of the molecule is CCn1cncc1C1CCCCN1C(=O)Nc1conc1C. The Morgan fingerprint density at radius 1 is 1.50 bits per heavy atom. The highest BCUT2D eigenvalue weighted by atomic mass is 16.5. The van der Waals surface area contributed by atoms with E-state index in [1.165, 1.54) is 6.26 Å². The van der Waals surface area contributed by atoms with Gasteiger partial charge in [-0.25, -0.2) is 9.78 Å². The molecule has 22 heavy (non-hydrogen) atoms. The second-order valence-electron chi connectivity index (χ2n) is 5.55. The van der Waals surface area contributed by atoms with E-state index in [1.807, 2.05) is 17.4 Å². The summed E-state index contributed by atoms with van der Waals surface area (Å²) in [7, 11) is 0. The Hall–Kier alpha value is -2.31. The molecule has 7 nitrogen and oxygen atoms in total. The van der Waals surface area contributed by atoms with Crippen LogP contribution in [0.1, 0.15) is 43.6 Å². The predicted molar refractivity (Wildman–Crippen MR) is 81.5 cm³/mol. The minimum atomic E-state index is -0.111. The molecule has 0 spiro atoms. The summed E-state index contributed by atoms with van der Waals surface area (Å²) in [4.78, 5) is 18.8. The molecule has 1 atom stereocenters. The Morgan fingerprint density at radius 3 is 3.09 bits per heavy atom. The van der Waals surface area contributed by atoms with Gasteiger partial charge in [0.25, 0.3) is 0 Å². The van der Waals surface area contributed by atoms with Gasteiger partial charge in [0.1, 0.15) is 17.6 Å². The van der Waals surface area contributed by atoms with E-state index in [1.54, 1.807) is 6.92 Å². The van der Waals surface area contributed by atoms with Gasteiger partial charge in [-0.1, -0.05) is 5.16 Å². The summed E-state index contributed by atoms with van der Waals surface area (Å²) in [5.74, 6) is 0. The number of amides is 2. The van der Waals surface area contributed by atoms with Crippen molar-refractivity contribution in [3.05, 3.63) is 30.2 Å². The number of hydrogen-bond donors (Lipinski definition) is 1. The topological polar surface area (TPSA) is 76.2 Å². The third-order valence-corrected chi connectivity index (χ3v) is 4.18. The third kappa shape index (κ3) is 2.70. The number of carbonyl (C=O) groups is 1. The highest BCUT2D eigenvalue weighted by Gasteiger charge is 2.30. The first-order chi connectivity index (χ1) is 10.7. The summed E-state index contributed by atoms with van der Waals surface area (Å²) in [6.45, 7) is 5.49. The average molecular weight is 303 g/mol. The van der Waals surface area contributed by atoms with Crippen LogP contribution in [-0.4, -0.2) is 32.2 Å². The minimum Gasteiger partial charge on any atom is -0.362 e. The molecule has 0 saturated carbocycles. The molecule has 1 unspecified atom stereocenters. The van der Waals surface area contributed by atoms with Gasteiger partial charge in [0.2, 0.25) is 0 Å². The Bertz CT molecular complexity index is 648. The smallest absolute Gasteiger partial charge is 0.322 e. The lowest BCUT2D eigenvalue weighted by Crippen LogP contribution is -2.41. The lowest BCUT2D eigenvalue weighted by atomic mass is 10.00. The van der Waals surface area contributed by atoms with Crippen LogP contribution in [0.5, 0.6) is 0 Å². The normalized spacial score (nSPS) is 18.5. The van der Waals surface area contributed by atoms with E-state index < -0.39 is 0 Å². The average Bonchev–Trinajstić information content (AvgIpc) is 3.16. The number of hydrogen-bond acceptors (Lipinski definition) is 4. The monoisotopic (exact) mass is 303 g/mol. The summed E-state index contributed by atoms with van der Waals surface area (Å²) < 4.78 is 6.97. The molecule has 0 bridgehead atoms. The van der Waals surface area contributed by atoms with Crippen molar-refractivity contribution in [1.82, 2.24) is 19.6 Å². The second kappa shape index (κ2) is 6.21. The quantitative estimate of drug-likeness (QED) is 0.945. The van der Waals surface area contributed by atoms with Gasteiger partial charge < -0.3 is 19.3 Å². The van der Waals surface area contributed by atoms with Gasteiger partial charge in [0.05, 0.1) is 24.3 Å². The number of urea groups is 1. The zero-order valence-electron chi connectivity index (χ0n) is 13.0. The fraction of sp³-hybridized carbons (Fsp3) is 0.533. The zero-order chi connectivity index (χ0) is 15.5. The molecular weight excluding hydrogens is 282 g/mol. The van der Waals surface area contributed by atoms with Crippen molar-refractivity contribution < 1.29 is 9.32 Å². The number of nitrogens with one attached hydrogen (secondary N) is 1. The number of rotatable bonds is 3. The number of anilines is 1. The van der Waals surface area contributed by atoms with Gasteiger partial charge in [-0.2, -0.15) is 0 Å². The van der Waals surface area contributed by atoms with Crippen LogP contribution in [0.25, 0.3) is 0 Å². The van der Waals surface area contributed by atoms with Crippen LogP contribution in [0.4, 0.5) is 10.5 Å². The Balaban J connectivity index is 1.80. The van der Waals surface area contributed by atoms with Crippen LogP contribution in [0, 0.1) is 6.92 Å². The largest absolute Gasteiger partial charge is 0.362 e. The number of imidazole rings is 1. The molecule has 118 valence electrons. The molecule has 1 saturated heterocycles. The lowest BCUT2D eigenvalue weighted by molar-refractivity contribution is 0.159. The summed E-state index contributed by atoms with van der Waals surface area (Å²) >= 11 is 0. The maximum Gasteiger partial charge on any atom is 0.322 e. The van der Waals surface area contributed by atoms with Gasteiger partial charge in [0, 0.05) is 13.1 Å². The fourth-order valence-electron chi connectivity index (χ4n) is 2.95. The van der Waals surface area contributed by atoms with Crippen molar-refractivity contribution in [1.29, 1.82) is 0 Å². The highest BCUT2D eigenvalue weighted by molar-refractivity contribution is 5.90. The van der Waals surface area contributed by atoms with E-state index >= 15 is 0 Å². The summed E-state index contributed by atoms with van der Waals surface area (Å²) in [6.07, 6.45) is 8.25. The molecule has 1 fully saturated rings. The van der Waals surface area contributed by atoms with E-state index in [2.05, 4.69) is 26.9 Å². The van der Waals surface area contributed by atoms with Crippen LogP contribution in [0.15, 0.2) is 23.3 Å². The Kier molecular flexibility index (Phi) is 4.13. The molecule has 3 heterocycles. The zero-order valence-corrected chi connectivity index (χ0v) is 13.0. The van der Waals surface area contributed by atoms with Crippen molar-refractivity contribution >= 4 is 11.7 Å². The summed E-state index contributed by atoms with van der Waals surface area (Å²) in [6, 6.07) is -0.0452. The molecule has 0 aliphatic carbocycles. The Labute approximate surface area is 129 Å². The van der Waals surface area contributed by atoms with Crippen molar-refractivity contribution in [3.8, 4) is 0 Å². The maximum absolute atomic E-state index is 12.6. The first-order valence-corrected chi connectivity index (χ1v) is 7.69. The van der Waals surface area contributed by atoms with Crippen molar-refractivity contribution in [3.63, 3.8) is 0 Å². The number of aromatic nitrogens is 3. The van der Waals surface area contributed by atoms with Gasteiger partial charge in [0.15, 0.2) is 0 Å². The van der Waals surface area contributed by atoms with Crippen LogP contribution in [0.2, 0.25) is 0 Å². The molecule has 0 radical (unpaired) electrons. The van der Waals surface area contributed by atoms with E-state index in [0.717, 1.165) is 38.0 Å². The van der Waals surface area contributed by atoms with Gasteiger partial charge in [-0.3, -0.25) is 0 Å². The fourth-order valence-corrected chi connectivity index (χ4v) is 2.95. The van der Waals surface area contributed by atoms with E-state index in [0.29, 0.717) is 11.4 Å². The maximum atomic E-state index is 12.6. The van der Waals surface area contributed by atoms with E-state index in [4.69, 9.17) is 4.52 Å².